The van der Waals surface area contributed by atoms with Gasteiger partial charge in [0.1, 0.15) is 0 Å². The number of rotatable bonds is 6. The minimum Gasteiger partial charge on any atom is -0.329 e. The van der Waals surface area contributed by atoms with Gasteiger partial charge in [0.2, 0.25) is 0 Å². The largest absolute Gasteiger partial charge is 0.329 e. The van der Waals surface area contributed by atoms with E-state index in [4.69, 9.17) is 0 Å². The van der Waals surface area contributed by atoms with Crippen LogP contribution in [0.1, 0.15) is 30.4 Å². The van der Waals surface area contributed by atoms with Crippen LogP contribution in [0.2, 0.25) is 0 Å². The Morgan fingerprint density at radius 2 is 2.27 bits per heavy atom. The first-order chi connectivity index (χ1) is 7.15. The third-order valence-corrected chi connectivity index (χ3v) is 2.22. The van der Waals surface area contributed by atoms with Gasteiger partial charge in [0.15, 0.2) is 11.6 Å². The highest BCUT2D eigenvalue weighted by atomic mass is 16.1. The number of hydrogen-bond acceptors (Lipinski definition) is 3. The molecule has 0 aliphatic heterocycles. The molecule has 0 spiro atoms. The van der Waals surface area contributed by atoms with Crippen LogP contribution in [-0.4, -0.2) is 40.9 Å². The fraction of sp³-hybridized carbons (Fsp3) is 0.636. The SMILES string of the molecule is CCCn1ccnc1C(=O)CCN(C)C. The van der Waals surface area contributed by atoms with Crippen LogP contribution in [0.4, 0.5) is 0 Å². The minimum atomic E-state index is 0.127. The highest BCUT2D eigenvalue weighted by Crippen LogP contribution is 2.03. The lowest BCUT2D eigenvalue weighted by atomic mass is 10.2. The van der Waals surface area contributed by atoms with Crippen molar-refractivity contribution in [1.29, 1.82) is 0 Å². The Hall–Kier alpha value is -1.16. The van der Waals surface area contributed by atoms with Crippen LogP contribution in [0, 0.1) is 0 Å². The first kappa shape index (κ1) is 11.9. The van der Waals surface area contributed by atoms with Gasteiger partial charge >= 0.3 is 0 Å². The Morgan fingerprint density at radius 1 is 1.53 bits per heavy atom. The van der Waals surface area contributed by atoms with Gasteiger partial charge in [-0.05, 0) is 20.5 Å². The molecule has 4 nitrogen and oxygen atoms in total. The summed E-state index contributed by atoms with van der Waals surface area (Å²) in [4.78, 5) is 17.9. The second-order valence-electron chi connectivity index (χ2n) is 3.92. The summed E-state index contributed by atoms with van der Waals surface area (Å²) in [6, 6.07) is 0. The predicted octanol–water partition coefficient (Wildman–Crippen LogP) is 1.43. The number of carbonyl (C=O) groups is 1. The van der Waals surface area contributed by atoms with Crippen molar-refractivity contribution in [2.45, 2.75) is 26.3 Å². The van der Waals surface area contributed by atoms with Crippen LogP contribution >= 0.6 is 0 Å². The van der Waals surface area contributed by atoms with Crippen LogP contribution in [0.15, 0.2) is 12.4 Å². The zero-order valence-electron chi connectivity index (χ0n) is 9.73. The molecule has 0 aromatic carbocycles. The van der Waals surface area contributed by atoms with Gasteiger partial charge in [0.05, 0.1) is 0 Å². The van der Waals surface area contributed by atoms with Gasteiger partial charge < -0.3 is 9.47 Å². The van der Waals surface area contributed by atoms with E-state index in [1.807, 2.05) is 29.8 Å². The molecule has 1 rings (SSSR count). The molecule has 0 saturated carbocycles. The number of Topliss-reactive ketones (excluding diaryl/α,β-unsaturated/α-hetero) is 1. The Balaban J connectivity index is 2.60. The molecule has 0 radical (unpaired) electrons. The predicted molar refractivity (Wildman–Crippen MR) is 60.0 cm³/mol. The fourth-order valence-electron chi connectivity index (χ4n) is 1.42. The molecule has 15 heavy (non-hydrogen) atoms. The minimum absolute atomic E-state index is 0.127. The van der Waals surface area contributed by atoms with E-state index >= 15 is 0 Å². The average molecular weight is 209 g/mol. The number of aryl methyl sites for hydroxylation is 1. The van der Waals surface area contributed by atoms with Gasteiger partial charge in [-0.3, -0.25) is 4.79 Å². The van der Waals surface area contributed by atoms with Crippen molar-refractivity contribution in [3.05, 3.63) is 18.2 Å². The number of aromatic nitrogens is 2. The van der Waals surface area contributed by atoms with Crippen molar-refractivity contribution in [3.63, 3.8) is 0 Å². The lowest BCUT2D eigenvalue weighted by Gasteiger charge is -2.09. The van der Waals surface area contributed by atoms with E-state index < -0.39 is 0 Å². The van der Waals surface area contributed by atoms with Gasteiger partial charge in [-0.2, -0.15) is 0 Å². The number of ketones is 1. The van der Waals surface area contributed by atoms with E-state index in [2.05, 4.69) is 11.9 Å². The topological polar surface area (TPSA) is 38.1 Å². The Bertz CT molecular complexity index is 317. The van der Waals surface area contributed by atoms with Crippen molar-refractivity contribution in [1.82, 2.24) is 14.5 Å². The quantitative estimate of drug-likeness (QED) is 0.665. The molecule has 0 fully saturated rings. The zero-order valence-corrected chi connectivity index (χ0v) is 9.73. The van der Waals surface area contributed by atoms with E-state index in [0.29, 0.717) is 12.2 Å². The van der Waals surface area contributed by atoms with Crippen molar-refractivity contribution < 1.29 is 4.79 Å². The van der Waals surface area contributed by atoms with Crippen LogP contribution in [0.25, 0.3) is 0 Å². The number of hydrogen-bond donors (Lipinski definition) is 0. The first-order valence-electron chi connectivity index (χ1n) is 5.34. The molecule has 1 aromatic rings. The van der Waals surface area contributed by atoms with E-state index in [0.717, 1.165) is 19.5 Å². The summed E-state index contributed by atoms with van der Waals surface area (Å²) in [5.74, 6) is 0.723. The summed E-state index contributed by atoms with van der Waals surface area (Å²) in [7, 11) is 3.93. The Kier molecular flexibility index (Phi) is 4.49. The van der Waals surface area contributed by atoms with Crippen LogP contribution in [-0.2, 0) is 6.54 Å². The molecule has 84 valence electrons. The molecule has 0 saturated heterocycles. The maximum absolute atomic E-state index is 11.8. The van der Waals surface area contributed by atoms with Crippen LogP contribution in [0.3, 0.4) is 0 Å². The van der Waals surface area contributed by atoms with Gasteiger partial charge in [-0.25, -0.2) is 4.98 Å². The summed E-state index contributed by atoms with van der Waals surface area (Å²) < 4.78 is 1.93. The summed E-state index contributed by atoms with van der Waals surface area (Å²) in [5, 5.41) is 0. The van der Waals surface area contributed by atoms with Crippen LogP contribution < -0.4 is 0 Å². The molecule has 1 aromatic heterocycles. The maximum Gasteiger partial charge on any atom is 0.199 e. The molecule has 0 unspecified atom stereocenters. The Labute approximate surface area is 90.9 Å². The smallest absolute Gasteiger partial charge is 0.199 e. The summed E-state index contributed by atoms with van der Waals surface area (Å²) >= 11 is 0. The summed E-state index contributed by atoms with van der Waals surface area (Å²) in [5.41, 5.74) is 0. The zero-order chi connectivity index (χ0) is 11.3. The van der Waals surface area contributed by atoms with E-state index in [1.165, 1.54) is 0 Å². The standard InChI is InChI=1S/C11H19N3O/c1-4-7-14-9-6-12-11(14)10(15)5-8-13(2)3/h6,9H,4-5,7-8H2,1-3H3. The van der Waals surface area contributed by atoms with E-state index in [1.54, 1.807) is 6.20 Å². The monoisotopic (exact) mass is 209 g/mol. The maximum atomic E-state index is 11.8. The van der Waals surface area contributed by atoms with Gasteiger partial charge in [-0.15, -0.1) is 0 Å². The van der Waals surface area contributed by atoms with Gasteiger partial charge in [0.25, 0.3) is 0 Å². The third-order valence-electron chi connectivity index (χ3n) is 2.22. The molecular weight excluding hydrogens is 190 g/mol. The molecule has 0 N–H and O–H groups in total. The molecule has 0 atom stereocenters. The molecule has 0 amide bonds. The van der Waals surface area contributed by atoms with Crippen molar-refractivity contribution in [3.8, 4) is 0 Å². The second kappa shape index (κ2) is 5.66. The molecule has 0 aliphatic carbocycles. The van der Waals surface area contributed by atoms with E-state index in [-0.39, 0.29) is 5.78 Å². The molecule has 1 heterocycles. The first-order valence-corrected chi connectivity index (χ1v) is 5.34. The van der Waals surface area contributed by atoms with Crippen molar-refractivity contribution in [2.75, 3.05) is 20.6 Å². The van der Waals surface area contributed by atoms with Gasteiger partial charge in [-0.1, -0.05) is 6.92 Å². The lowest BCUT2D eigenvalue weighted by molar-refractivity contribution is 0.0958. The lowest BCUT2D eigenvalue weighted by Crippen LogP contribution is -2.19. The summed E-state index contributed by atoms with van der Waals surface area (Å²) in [6.07, 6.45) is 5.11. The van der Waals surface area contributed by atoms with E-state index in [9.17, 15) is 4.79 Å². The number of nitrogens with zero attached hydrogens (tertiary/aromatic N) is 3. The molecular formula is C11H19N3O. The van der Waals surface area contributed by atoms with Crippen molar-refractivity contribution >= 4 is 5.78 Å². The number of imidazole rings is 1. The van der Waals surface area contributed by atoms with Crippen LogP contribution in [0.5, 0.6) is 0 Å². The highest BCUT2D eigenvalue weighted by Gasteiger charge is 2.11. The normalized spacial score (nSPS) is 10.9. The van der Waals surface area contributed by atoms with Gasteiger partial charge in [0, 0.05) is 31.9 Å². The molecule has 4 heteroatoms. The second-order valence-corrected chi connectivity index (χ2v) is 3.92. The number of carbonyl (C=O) groups excluding carboxylic acids is 1. The molecule has 0 bridgehead atoms. The Morgan fingerprint density at radius 3 is 2.87 bits per heavy atom. The third kappa shape index (κ3) is 3.47. The average Bonchev–Trinajstić information content (AvgIpc) is 2.63. The summed E-state index contributed by atoms with van der Waals surface area (Å²) in [6.45, 7) is 3.73. The fourth-order valence-corrected chi connectivity index (χ4v) is 1.42. The van der Waals surface area contributed by atoms with Crippen molar-refractivity contribution in [2.24, 2.45) is 0 Å². The highest BCUT2D eigenvalue weighted by molar-refractivity contribution is 5.92. The molecule has 0 aliphatic rings.